The first-order valence-corrected chi connectivity index (χ1v) is 6.99. The van der Waals surface area contributed by atoms with Gasteiger partial charge in [0.15, 0.2) is 18.1 Å². The quantitative estimate of drug-likeness (QED) is 0.852. The lowest BCUT2D eigenvalue weighted by molar-refractivity contribution is -0.123. The second-order valence-corrected chi connectivity index (χ2v) is 4.65. The van der Waals surface area contributed by atoms with Gasteiger partial charge in [0.25, 0.3) is 5.91 Å². The lowest BCUT2D eigenvalue weighted by Crippen LogP contribution is -2.28. The van der Waals surface area contributed by atoms with Crippen molar-refractivity contribution >= 4 is 5.91 Å². The molecule has 0 saturated heterocycles. The van der Waals surface area contributed by atoms with E-state index in [1.807, 2.05) is 0 Å². The number of benzene rings is 2. The Balaban J connectivity index is 1.91. The molecule has 0 bridgehead atoms. The van der Waals surface area contributed by atoms with E-state index < -0.39 is 0 Å². The molecule has 0 radical (unpaired) electrons. The zero-order valence-corrected chi connectivity index (χ0v) is 13.0. The van der Waals surface area contributed by atoms with Crippen LogP contribution in [0.2, 0.25) is 0 Å². The molecule has 1 amide bonds. The van der Waals surface area contributed by atoms with Crippen molar-refractivity contribution in [1.82, 2.24) is 5.32 Å². The van der Waals surface area contributed by atoms with Gasteiger partial charge in [-0.15, -0.1) is 0 Å². The molecule has 122 valence electrons. The standard InChI is InChI=1S/C17H18FNO4/c1-21-14-8-5-9-15(17(14)22-2)23-11-16(20)19-10-12-6-3-4-7-13(12)18/h3-9H,10-11H2,1-2H3,(H,19,20). The van der Waals surface area contributed by atoms with E-state index in [0.717, 1.165) is 0 Å². The zero-order chi connectivity index (χ0) is 16.7. The summed E-state index contributed by atoms with van der Waals surface area (Å²) in [7, 11) is 3.01. The molecule has 0 aliphatic carbocycles. The summed E-state index contributed by atoms with van der Waals surface area (Å²) in [6, 6.07) is 11.4. The number of halogens is 1. The average molecular weight is 319 g/mol. The smallest absolute Gasteiger partial charge is 0.258 e. The summed E-state index contributed by atoms with van der Waals surface area (Å²) < 4.78 is 29.3. The van der Waals surface area contributed by atoms with Crippen LogP contribution in [0.25, 0.3) is 0 Å². The highest BCUT2D eigenvalue weighted by atomic mass is 19.1. The molecular weight excluding hydrogens is 301 g/mol. The number of carbonyl (C=O) groups is 1. The van der Waals surface area contributed by atoms with Gasteiger partial charge in [0.05, 0.1) is 14.2 Å². The maximum absolute atomic E-state index is 13.5. The highest BCUT2D eigenvalue weighted by molar-refractivity contribution is 5.77. The molecular formula is C17H18FNO4. The van der Waals surface area contributed by atoms with Crippen molar-refractivity contribution in [2.24, 2.45) is 0 Å². The lowest BCUT2D eigenvalue weighted by Gasteiger charge is -2.13. The molecule has 2 aromatic rings. The average Bonchev–Trinajstić information content (AvgIpc) is 2.58. The van der Waals surface area contributed by atoms with E-state index in [-0.39, 0.29) is 24.9 Å². The number of hydrogen-bond donors (Lipinski definition) is 1. The fourth-order valence-corrected chi connectivity index (χ4v) is 2.00. The van der Waals surface area contributed by atoms with Gasteiger partial charge in [-0.1, -0.05) is 24.3 Å². The third-order valence-electron chi connectivity index (χ3n) is 3.16. The van der Waals surface area contributed by atoms with Crippen LogP contribution in [0.1, 0.15) is 5.56 Å². The van der Waals surface area contributed by atoms with Gasteiger partial charge in [-0.25, -0.2) is 4.39 Å². The maximum Gasteiger partial charge on any atom is 0.258 e. The summed E-state index contributed by atoms with van der Waals surface area (Å²) in [6.07, 6.45) is 0. The number of hydrogen-bond acceptors (Lipinski definition) is 4. The van der Waals surface area contributed by atoms with E-state index in [9.17, 15) is 9.18 Å². The molecule has 0 atom stereocenters. The van der Waals surface area contributed by atoms with Crippen molar-refractivity contribution in [3.05, 3.63) is 53.8 Å². The summed E-state index contributed by atoms with van der Waals surface area (Å²) >= 11 is 0. The highest BCUT2D eigenvalue weighted by Crippen LogP contribution is 2.36. The molecule has 0 spiro atoms. The molecule has 0 fully saturated rings. The van der Waals surface area contributed by atoms with Gasteiger partial charge in [-0.2, -0.15) is 0 Å². The van der Waals surface area contributed by atoms with Crippen molar-refractivity contribution in [3.63, 3.8) is 0 Å². The number of carbonyl (C=O) groups excluding carboxylic acids is 1. The minimum Gasteiger partial charge on any atom is -0.493 e. The molecule has 0 unspecified atom stereocenters. The topological polar surface area (TPSA) is 56.8 Å². The van der Waals surface area contributed by atoms with Crippen LogP contribution in [0.3, 0.4) is 0 Å². The Labute approximate surface area is 134 Å². The molecule has 5 nitrogen and oxygen atoms in total. The number of nitrogens with one attached hydrogen (secondary N) is 1. The normalized spacial score (nSPS) is 10.0. The number of methoxy groups -OCH3 is 2. The van der Waals surface area contributed by atoms with Gasteiger partial charge in [0.1, 0.15) is 5.82 Å². The Morgan fingerprint density at radius 3 is 2.48 bits per heavy atom. The summed E-state index contributed by atoms with van der Waals surface area (Å²) in [5.41, 5.74) is 0.416. The molecule has 0 saturated carbocycles. The van der Waals surface area contributed by atoms with Crippen LogP contribution >= 0.6 is 0 Å². The van der Waals surface area contributed by atoms with Gasteiger partial charge in [-0.3, -0.25) is 4.79 Å². The Morgan fingerprint density at radius 1 is 1.04 bits per heavy atom. The van der Waals surface area contributed by atoms with Crippen molar-refractivity contribution in [2.45, 2.75) is 6.54 Å². The fourth-order valence-electron chi connectivity index (χ4n) is 2.00. The third-order valence-corrected chi connectivity index (χ3v) is 3.16. The second-order valence-electron chi connectivity index (χ2n) is 4.65. The summed E-state index contributed by atoms with van der Waals surface area (Å²) in [5, 5.41) is 2.60. The van der Waals surface area contributed by atoms with E-state index in [1.54, 1.807) is 36.4 Å². The fraction of sp³-hybridized carbons (Fsp3) is 0.235. The van der Waals surface area contributed by atoms with Gasteiger partial charge in [-0.05, 0) is 18.2 Å². The van der Waals surface area contributed by atoms with Gasteiger partial charge in [0.2, 0.25) is 5.75 Å². The number of amides is 1. The lowest BCUT2D eigenvalue weighted by atomic mass is 10.2. The summed E-state index contributed by atoms with van der Waals surface area (Å²) in [6.45, 7) is -0.109. The van der Waals surface area contributed by atoms with E-state index in [2.05, 4.69) is 5.32 Å². The first kappa shape index (κ1) is 16.6. The van der Waals surface area contributed by atoms with Crippen molar-refractivity contribution in [3.8, 4) is 17.2 Å². The number of rotatable bonds is 7. The number of ether oxygens (including phenoxy) is 3. The van der Waals surface area contributed by atoms with Crippen LogP contribution in [-0.4, -0.2) is 26.7 Å². The van der Waals surface area contributed by atoms with E-state index in [0.29, 0.717) is 22.8 Å². The van der Waals surface area contributed by atoms with Gasteiger partial charge < -0.3 is 19.5 Å². The monoisotopic (exact) mass is 319 g/mol. The summed E-state index contributed by atoms with van der Waals surface area (Å²) in [4.78, 5) is 11.8. The molecule has 6 heteroatoms. The minimum absolute atomic E-state index is 0.101. The maximum atomic E-state index is 13.5. The second kappa shape index (κ2) is 8.03. The van der Waals surface area contributed by atoms with Crippen molar-refractivity contribution in [2.75, 3.05) is 20.8 Å². The van der Waals surface area contributed by atoms with E-state index in [1.165, 1.54) is 20.3 Å². The van der Waals surface area contributed by atoms with Crippen molar-refractivity contribution < 1.29 is 23.4 Å². The van der Waals surface area contributed by atoms with Crippen LogP contribution in [-0.2, 0) is 11.3 Å². The third kappa shape index (κ3) is 4.35. The minimum atomic E-state index is -0.363. The molecule has 0 aliphatic heterocycles. The zero-order valence-electron chi connectivity index (χ0n) is 13.0. The predicted octanol–water partition coefficient (Wildman–Crippen LogP) is 2.54. The van der Waals surface area contributed by atoms with Crippen LogP contribution in [0, 0.1) is 5.82 Å². The Hall–Kier alpha value is -2.76. The van der Waals surface area contributed by atoms with E-state index >= 15 is 0 Å². The molecule has 0 heterocycles. The van der Waals surface area contributed by atoms with Gasteiger partial charge >= 0.3 is 0 Å². The van der Waals surface area contributed by atoms with Gasteiger partial charge in [0, 0.05) is 12.1 Å². The largest absolute Gasteiger partial charge is 0.493 e. The van der Waals surface area contributed by atoms with Crippen LogP contribution in [0.4, 0.5) is 4.39 Å². The van der Waals surface area contributed by atoms with E-state index in [4.69, 9.17) is 14.2 Å². The molecule has 2 aromatic carbocycles. The van der Waals surface area contributed by atoms with Crippen LogP contribution in [0.5, 0.6) is 17.2 Å². The molecule has 2 rings (SSSR count). The van der Waals surface area contributed by atoms with Crippen LogP contribution in [0.15, 0.2) is 42.5 Å². The molecule has 0 aliphatic rings. The van der Waals surface area contributed by atoms with Crippen molar-refractivity contribution in [1.29, 1.82) is 0 Å². The number of para-hydroxylation sites is 1. The first-order valence-electron chi connectivity index (χ1n) is 6.99. The predicted molar refractivity (Wildman–Crippen MR) is 83.3 cm³/mol. The Bertz CT molecular complexity index is 675. The first-order chi connectivity index (χ1) is 11.2. The van der Waals surface area contributed by atoms with Crippen LogP contribution < -0.4 is 19.5 Å². The SMILES string of the molecule is COc1cccc(OCC(=O)NCc2ccccc2F)c1OC. The Morgan fingerprint density at radius 2 is 1.78 bits per heavy atom. The molecule has 23 heavy (non-hydrogen) atoms. The highest BCUT2D eigenvalue weighted by Gasteiger charge is 2.12. The Kier molecular flexibility index (Phi) is 5.80. The summed E-state index contributed by atoms with van der Waals surface area (Å²) in [5.74, 6) is 0.600. The molecule has 1 N–H and O–H groups in total. The molecule has 0 aromatic heterocycles.